The van der Waals surface area contributed by atoms with Gasteiger partial charge in [-0.1, -0.05) is 0 Å². The highest BCUT2D eigenvalue weighted by Gasteiger charge is 2.15. The first-order valence-corrected chi connectivity index (χ1v) is 8.91. The molecule has 146 valence electrons. The molecule has 0 spiro atoms. The van der Waals surface area contributed by atoms with E-state index in [0.717, 1.165) is 40.0 Å². The minimum absolute atomic E-state index is 0.176. The fraction of sp³-hybridized carbons (Fsp3) is 0.227. The van der Waals surface area contributed by atoms with Crippen molar-refractivity contribution in [2.75, 3.05) is 11.9 Å². The average Bonchev–Trinajstić information content (AvgIpc) is 2.91. The monoisotopic (exact) mass is 385 g/mol. The molecule has 3 rings (SSSR count). The molecule has 0 aliphatic carbocycles. The number of carbonyl (C=O) groups is 1. The molecule has 1 heterocycles. The molecule has 1 N–H and O–H groups in total. The maximum atomic E-state index is 13.3. The van der Waals surface area contributed by atoms with Gasteiger partial charge in [-0.2, -0.15) is 0 Å². The molecule has 0 unspecified atom stereocenters. The quantitative estimate of drug-likeness (QED) is 0.568. The van der Waals surface area contributed by atoms with E-state index in [1.807, 2.05) is 32.9 Å². The highest BCUT2D eigenvalue weighted by molar-refractivity contribution is 6.04. The number of benzene rings is 2. The third kappa shape index (κ3) is 3.91. The van der Waals surface area contributed by atoms with Gasteiger partial charge in [0.1, 0.15) is 17.1 Å². The molecule has 0 saturated heterocycles. The number of nitrogens with one attached hydrogen (secondary N) is 1. The number of rotatable bonds is 5. The Hall–Kier alpha value is -3.15. The number of ether oxygens (including phenoxy) is 1. The fourth-order valence-corrected chi connectivity index (χ4v) is 2.98. The molecule has 0 fully saturated rings. The summed E-state index contributed by atoms with van der Waals surface area (Å²) in [6.45, 7) is 8.00. The zero-order valence-corrected chi connectivity index (χ0v) is 16.2. The molecule has 0 saturated carbocycles. The lowest BCUT2D eigenvalue weighted by Crippen LogP contribution is -2.09. The average molecular weight is 385 g/mol. The van der Waals surface area contributed by atoms with Crippen molar-refractivity contribution in [3.63, 3.8) is 0 Å². The maximum absolute atomic E-state index is 13.3. The van der Waals surface area contributed by atoms with Crippen LogP contribution < -0.4 is 10.1 Å². The van der Waals surface area contributed by atoms with Crippen molar-refractivity contribution in [2.24, 2.45) is 0 Å². The molecule has 3 aromatic rings. The molecule has 1 amide bonds. The summed E-state index contributed by atoms with van der Waals surface area (Å²) in [7, 11) is 0. The summed E-state index contributed by atoms with van der Waals surface area (Å²) in [6, 6.07) is 6.95. The lowest BCUT2D eigenvalue weighted by Gasteiger charge is -2.11. The van der Waals surface area contributed by atoms with E-state index in [1.165, 1.54) is 12.1 Å². The van der Waals surface area contributed by atoms with E-state index in [2.05, 4.69) is 5.32 Å². The Morgan fingerprint density at radius 1 is 1.18 bits per heavy atom. The minimum Gasteiger partial charge on any atom is -0.493 e. The molecule has 0 atom stereocenters. The number of carbonyl (C=O) groups excluding carboxylic acids is 1. The van der Waals surface area contributed by atoms with Crippen LogP contribution in [0.25, 0.3) is 16.5 Å². The van der Waals surface area contributed by atoms with Gasteiger partial charge in [0.25, 0.3) is 0 Å². The molecule has 0 radical (unpaired) electrons. The van der Waals surface area contributed by atoms with Crippen LogP contribution in [0.1, 0.15) is 30.7 Å². The van der Waals surface area contributed by atoms with E-state index in [1.54, 1.807) is 6.92 Å². The number of fused-ring (bicyclic) bond motifs is 1. The normalized spacial score (nSPS) is 11.7. The highest BCUT2D eigenvalue weighted by Crippen LogP contribution is 2.35. The SMILES string of the molecule is CCOc1cc2oc(C)c(C)c2cc1/C(C)=C/C(=O)Nc1ccc(F)c(F)c1. The molecule has 0 aliphatic rings. The van der Waals surface area contributed by atoms with Gasteiger partial charge in [-0.25, -0.2) is 8.78 Å². The Morgan fingerprint density at radius 2 is 1.93 bits per heavy atom. The van der Waals surface area contributed by atoms with Crippen molar-refractivity contribution >= 4 is 28.1 Å². The first-order chi connectivity index (χ1) is 13.3. The lowest BCUT2D eigenvalue weighted by molar-refractivity contribution is -0.111. The number of hydrogen-bond donors (Lipinski definition) is 1. The lowest BCUT2D eigenvalue weighted by atomic mass is 10.0. The Kier molecular flexibility index (Phi) is 5.49. The van der Waals surface area contributed by atoms with Gasteiger partial charge >= 0.3 is 0 Å². The van der Waals surface area contributed by atoms with E-state index in [4.69, 9.17) is 9.15 Å². The van der Waals surface area contributed by atoms with Gasteiger partial charge in [-0.15, -0.1) is 0 Å². The zero-order chi connectivity index (χ0) is 20.4. The van der Waals surface area contributed by atoms with Crippen molar-refractivity contribution in [2.45, 2.75) is 27.7 Å². The third-order valence-corrected chi connectivity index (χ3v) is 4.54. The second kappa shape index (κ2) is 7.84. The van der Waals surface area contributed by atoms with E-state index >= 15 is 0 Å². The molecule has 4 nitrogen and oxygen atoms in total. The Labute approximate surface area is 161 Å². The molecular formula is C22H21F2NO3. The van der Waals surface area contributed by atoms with E-state index in [-0.39, 0.29) is 5.69 Å². The zero-order valence-electron chi connectivity index (χ0n) is 16.2. The van der Waals surface area contributed by atoms with E-state index in [9.17, 15) is 13.6 Å². The number of allylic oxidation sites excluding steroid dienone is 1. The van der Waals surface area contributed by atoms with Crippen LogP contribution >= 0.6 is 0 Å². The minimum atomic E-state index is -1.02. The fourth-order valence-electron chi connectivity index (χ4n) is 2.98. The standard InChI is InChI=1S/C22H21F2NO3/c1-5-27-20-11-21-17(13(3)14(4)28-21)10-16(20)12(2)8-22(26)25-15-6-7-18(23)19(24)9-15/h6-11H,5H2,1-4H3,(H,25,26)/b12-8+. The maximum Gasteiger partial charge on any atom is 0.248 e. The van der Waals surface area contributed by atoms with Crippen LogP contribution in [0.4, 0.5) is 14.5 Å². The molecule has 1 aromatic heterocycles. The Bertz CT molecular complexity index is 1080. The molecule has 0 aliphatic heterocycles. The molecule has 0 bridgehead atoms. The van der Waals surface area contributed by atoms with Crippen molar-refractivity contribution in [1.82, 2.24) is 0 Å². The number of amides is 1. The summed E-state index contributed by atoms with van der Waals surface area (Å²) in [6.07, 6.45) is 1.40. The Morgan fingerprint density at radius 3 is 2.61 bits per heavy atom. The summed E-state index contributed by atoms with van der Waals surface area (Å²) in [5.74, 6) is -1.00. The van der Waals surface area contributed by atoms with Crippen molar-refractivity contribution in [3.05, 3.63) is 64.9 Å². The number of furan rings is 1. The first-order valence-electron chi connectivity index (χ1n) is 8.91. The van der Waals surface area contributed by atoms with Crippen LogP contribution in [-0.2, 0) is 4.79 Å². The molecule has 2 aromatic carbocycles. The predicted molar refractivity (Wildman–Crippen MR) is 105 cm³/mol. The van der Waals surface area contributed by atoms with Gasteiger partial charge < -0.3 is 14.5 Å². The number of anilines is 1. The Balaban J connectivity index is 1.94. The summed E-state index contributed by atoms with van der Waals surface area (Å²) < 4.78 is 37.8. The van der Waals surface area contributed by atoms with Crippen molar-refractivity contribution in [3.8, 4) is 5.75 Å². The second-order valence-electron chi connectivity index (χ2n) is 6.51. The largest absolute Gasteiger partial charge is 0.493 e. The molecule has 6 heteroatoms. The van der Waals surface area contributed by atoms with Crippen LogP contribution in [-0.4, -0.2) is 12.5 Å². The number of halogens is 2. The molecule has 28 heavy (non-hydrogen) atoms. The first kappa shape index (κ1) is 19.6. The summed E-state index contributed by atoms with van der Waals surface area (Å²) >= 11 is 0. The van der Waals surface area contributed by atoms with Crippen LogP contribution in [0.15, 0.2) is 40.8 Å². The van der Waals surface area contributed by atoms with Gasteiger partial charge in [0.05, 0.1) is 6.61 Å². The predicted octanol–water partition coefficient (Wildman–Crippen LogP) is 5.77. The summed E-state index contributed by atoms with van der Waals surface area (Å²) in [4.78, 5) is 12.3. The van der Waals surface area contributed by atoms with Gasteiger partial charge in [0.15, 0.2) is 11.6 Å². The second-order valence-corrected chi connectivity index (χ2v) is 6.51. The van der Waals surface area contributed by atoms with E-state index in [0.29, 0.717) is 17.9 Å². The van der Waals surface area contributed by atoms with Crippen LogP contribution in [0.3, 0.4) is 0 Å². The third-order valence-electron chi connectivity index (χ3n) is 4.54. The van der Waals surface area contributed by atoms with Gasteiger partial charge in [0, 0.05) is 34.8 Å². The van der Waals surface area contributed by atoms with Crippen molar-refractivity contribution in [1.29, 1.82) is 0 Å². The van der Waals surface area contributed by atoms with E-state index < -0.39 is 17.5 Å². The number of hydrogen-bond acceptors (Lipinski definition) is 3. The van der Waals surface area contributed by atoms with Crippen LogP contribution in [0, 0.1) is 25.5 Å². The number of aryl methyl sites for hydroxylation is 2. The van der Waals surface area contributed by atoms with Gasteiger partial charge in [-0.3, -0.25) is 4.79 Å². The smallest absolute Gasteiger partial charge is 0.248 e. The van der Waals surface area contributed by atoms with Crippen molar-refractivity contribution < 1.29 is 22.7 Å². The van der Waals surface area contributed by atoms with Crippen LogP contribution in [0.5, 0.6) is 5.75 Å². The summed E-state index contributed by atoms with van der Waals surface area (Å²) in [5.41, 5.74) is 3.36. The highest BCUT2D eigenvalue weighted by atomic mass is 19.2. The topological polar surface area (TPSA) is 51.5 Å². The van der Waals surface area contributed by atoms with Gasteiger partial charge in [-0.05, 0) is 57.0 Å². The van der Waals surface area contributed by atoms with Gasteiger partial charge in [0.2, 0.25) is 5.91 Å². The summed E-state index contributed by atoms with van der Waals surface area (Å²) in [5, 5.41) is 3.48. The molecular weight excluding hydrogens is 364 g/mol. The van der Waals surface area contributed by atoms with Crippen LogP contribution in [0.2, 0.25) is 0 Å².